The van der Waals surface area contributed by atoms with Gasteiger partial charge in [-0.1, -0.05) is 48.5 Å². The number of benzene rings is 3. The predicted molar refractivity (Wildman–Crippen MR) is 111 cm³/mol. The van der Waals surface area contributed by atoms with E-state index in [2.05, 4.69) is 9.71 Å². The molecule has 144 valence electrons. The van der Waals surface area contributed by atoms with Gasteiger partial charge >= 0.3 is 5.97 Å². The number of hydrogen-bond acceptors (Lipinski definition) is 4. The summed E-state index contributed by atoms with van der Waals surface area (Å²) in [6.45, 7) is 0. The Labute approximate surface area is 167 Å². The smallest absolute Gasteiger partial charge is 0.337 e. The summed E-state index contributed by atoms with van der Waals surface area (Å²) < 4.78 is 28.7. The molecule has 0 saturated heterocycles. The lowest BCUT2D eigenvalue weighted by Crippen LogP contribution is -2.16. The number of carboxylic acid groups (broad SMARTS) is 1. The van der Waals surface area contributed by atoms with Gasteiger partial charge in [0, 0.05) is 17.8 Å². The number of aromatic carboxylic acids is 1. The van der Waals surface area contributed by atoms with E-state index in [-0.39, 0.29) is 16.1 Å². The third kappa shape index (κ3) is 3.68. The molecule has 0 atom stereocenters. The van der Waals surface area contributed by atoms with E-state index < -0.39 is 16.0 Å². The number of pyridine rings is 1. The van der Waals surface area contributed by atoms with Crippen molar-refractivity contribution in [2.75, 3.05) is 4.72 Å². The van der Waals surface area contributed by atoms with Crippen molar-refractivity contribution >= 4 is 32.5 Å². The maximum absolute atomic E-state index is 13.1. The molecule has 4 rings (SSSR count). The molecule has 2 N–H and O–H groups in total. The zero-order valence-electron chi connectivity index (χ0n) is 15.1. The maximum atomic E-state index is 13.1. The number of nitrogens with zero attached hydrogens (tertiary/aromatic N) is 1. The highest BCUT2D eigenvalue weighted by atomic mass is 32.2. The first-order chi connectivity index (χ1) is 14.0. The van der Waals surface area contributed by atoms with Crippen LogP contribution >= 0.6 is 0 Å². The van der Waals surface area contributed by atoms with Crippen LogP contribution in [0.15, 0.2) is 90.1 Å². The molecule has 7 heteroatoms. The lowest BCUT2D eigenvalue weighted by Gasteiger charge is -2.14. The van der Waals surface area contributed by atoms with Gasteiger partial charge in [-0.2, -0.15) is 0 Å². The number of sulfonamides is 1. The molecule has 0 fully saturated rings. The van der Waals surface area contributed by atoms with E-state index in [9.17, 15) is 18.3 Å². The van der Waals surface area contributed by atoms with Gasteiger partial charge in [0.05, 0.1) is 16.1 Å². The van der Waals surface area contributed by atoms with Gasteiger partial charge in [-0.15, -0.1) is 0 Å². The summed E-state index contributed by atoms with van der Waals surface area (Å²) in [7, 11) is -4.05. The van der Waals surface area contributed by atoms with Gasteiger partial charge in [0.2, 0.25) is 0 Å². The van der Waals surface area contributed by atoms with Crippen molar-refractivity contribution in [1.82, 2.24) is 4.98 Å². The second-order valence-corrected chi connectivity index (χ2v) is 8.04. The minimum atomic E-state index is -4.05. The molecule has 0 aliphatic carbocycles. The van der Waals surface area contributed by atoms with Crippen molar-refractivity contribution in [2.45, 2.75) is 4.90 Å². The highest BCUT2D eigenvalue weighted by Crippen LogP contribution is 2.29. The molecule has 0 spiro atoms. The SMILES string of the molecule is O=C(O)c1ccc(-c2ccccc2)cc1NS(=O)(=O)c1cccc2ccncc12. The summed E-state index contributed by atoms with van der Waals surface area (Å²) in [5, 5.41) is 10.7. The van der Waals surface area contributed by atoms with Gasteiger partial charge in [-0.25, -0.2) is 13.2 Å². The van der Waals surface area contributed by atoms with E-state index in [1.807, 2.05) is 30.3 Å². The Morgan fingerprint density at radius 2 is 1.69 bits per heavy atom. The van der Waals surface area contributed by atoms with Crippen LogP contribution in [-0.2, 0) is 10.0 Å². The summed E-state index contributed by atoms with van der Waals surface area (Å²) in [6, 6.07) is 20.5. The molecule has 4 aromatic rings. The molecule has 0 saturated carbocycles. The van der Waals surface area contributed by atoms with E-state index >= 15 is 0 Å². The molecule has 29 heavy (non-hydrogen) atoms. The van der Waals surface area contributed by atoms with Gasteiger partial charge in [-0.05, 0) is 40.8 Å². The van der Waals surface area contributed by atoms with Gasteiger partial charge in [0.1, 0.15) is 0 Å². The van der Waals surface area contributed by atoms with Gasteiger partial charge in [0.15, 0.2) is 0 Å². The molecule has 0 aliphatic heterocycles. The molecule has 0 aliphatic rings. The van der Waals surface area contributed by atoms with Crippen molar-refractivity contribution in [3.63, 3.8) is 0 Å². The van der Waals surface area contributed by atoms with Crippen LogP contribution in [0.1, 0.15) is 10.4 Å². The number of aromatic nitrogens is 1. The maximum Gasteiger partial charge on any atom is 0.337 e. The van der Waals surface area contributed by atoms with Crippen LogP contribution in [0.2, 0.25) is 0 Å². The second-order valence-electron chi connectivity index (χ2n) is 6.39. The van der Waals surface area contributed by atoms with E-state index in [1.165, 1.54) is 24.4 Å². The fourth-order valence-electron chi connectivity index (χ4n) is 3.14. The molecule has 1 heterocycles. The molecule has 6 nitrogen and oxygen atoms in total. The minimum Gasteiger partial charge on any atom is -0.478 e. The van der Waals surface area contributed by atoms with Crippen LogP contribution in [-0.4, -0.2) is 24.5 Å². The van der Waals surface area contributed by atoms with Crippen molar-refractivity contribution in [3.8, 4) is 11.1 Å². The molecule has 0 unspecified atom stereocenters. The zero-order valence-corrected chi connectivity index (χ0v) is 15.9. The molecule has 3 aromatic carbocycles. The highest BCUT2D eigenvalue weighted by Gasteiger charge is 2.21. The van der Waals surface area contributed by atoms with Crippen LogP contribution in [0.25, 0.3) is 21.9 Å². The van der Waals surface area contributed by atoms with Crippen LogP contribution in [0.4, 0.5) is 5.69 Å². The summed E-state index contributed by atoms with van der Waals surface area (Å²) in [6.07, 6.45) is 3.06. The molecule has 0 radical (unpaired) electrons. The minimum absolute atomic E-state index is 0.000235. The Morgan fingerprint density at radius 3 is 2.45 bits per heavy atom. The molecular weight excluding hydrogens is 388 g/mol. The van der Waals surface area contributed by atoms with Crippen molar-refractivity contribution < 1.29 is 18.3 Å². The van der Waals surface area contributed by atoms with E-state index in [0.29, 0.717) is 10.9 Å². The Balaban J connectivity index is 1.82. The number of rotatable bonds is 5. The highest BCUT2D eigenvalue weighted by molar-refractivity contribution is 7.93. The Hall–Kier alpha value is -3.71. The predicted octanol–water partition coefficient (Wildman–Crippen LogP) is 4.40. The monoisotopic (exact) mass is 404 g/mol. The normalized spacial score (nSPS) is 11.3. The summed E-state index contributed by atoms with van der Waals surface area (Å²) in [5.74, 6) is -1.22. The van der Waals surface area contributed by atoms with Crippen LogP contribution in [0, 0.1) is 0 Å². The summed E-state index contributed by atoms with van der Waals surface area (Å²) >= 11 is 0. The van der Waals surface area contributed by atoms with Crippen LogP contribution < -0.4 is 4.72 Å². The molecular formula is C22H16N2O4S. The number of hydrogen-bond donors (Lipinski definition) is 2. The lowest BCUT2D eigenvalue weighted by molar-refractivity contribution is 0.0698. The van der Waals surface area contributed by atoms with Crippen LogP contribution in [0.5, 0.6) is 0 Å². The zero-order chi connectivity index (χ0) is 20.4. The number of carbonyl (C=O) groups is 1. The number of nitrogens with one attached hydrogen (secondary N) is 1. The standard InChI is InChI=1S/C22H16N2O4S/c25-22(26)18-10-9-17(15-5-2-1-3-6-15)13-20(18)24-29(27,28)21-8-4-7-16-11-12-23-14-19(16)21/h1-14,24H,(H,25,26). The quantitative estimate of drug-likeness (QED) is 0.514. The van der Waals surface area contributed by atoms with E-state index in [4.69, 9.17) is 0 Å². The number of fused-ring (bicyclic) bond motifs is 1. The summed E-state index contributed by atoms with van der Waals surface area (Å²) in [5.41, 5.74) is 1.42. The molecule has 1 aromatic heterocycles. The first kappa shape index (κ1) is 18.6. The van der Waals surface area contributed by atoms with Crippen LogP contribution in [0.3, 0.4) is 0 Å². The van der Waals surface area contributed by atoms with E-state index in [0.717, 1.165) is 10.9 Å². The first-order valence-electron chi connectivity index (χ1n) is 8.74. The van der Waals surface area contributed by atoms with Gasteiger partial charge < -0.3 is 5.11 Å². The average molecular weight is 404 g/mol. The van der Waals surface area contributed by atoms with Crippen molar-refractivity contribution in [1.29, 1.82) is 0 Å². The summed E-state index contributed by atoms with van der Waals surface area (Å²) in [4.78, 5) is 15.7. The largest absolute Gasteiger partial charge is 0.478 e. The lowest BCUT2D eigenvalue weighted by atomic mass is 10.0. The van der Waals surface area contributed by atoms with Crippen molar-refractivity contribution in [2.24, 2.45) is 0 Å². The number of carboxylic acids is 1. The fourth-order valence-corrected chi connectivity index (χ4v) is 4.43. The Bertz CT molecular complexity index is 1310. The molecule has 0 amide bonds. The number of anilines is 1. The van der Waals surface area contributed by atoms with E-state index in [1.54, 1.807) is 30.5 Å². The second kappa shape index (κ2) is 7.37. The third-order valence-corrected chi connectivity index (χ3v) is 5.96. The first-order valence-corrected chi connectivity index (χ1v) is 10.2. The fraction of sp³-hybridized carbons (Fsp3) is 0. The van der Waals surface area contributed by atoms with Crippen molar-refractivity contribution in [3.05, 3.63) is 90.8 Å². The topological polar surface area (TPSA) is 96.4 Å². The third-order valence-electron chi connectivity index (χ3n) is 4.53. The van der Waals surface area contributed by atoms with Gasteiger partial charge in [-0.3, -0.25) is 9.71 Å². The Kier molecular flexibility index (Phi) is 4.74. The average Bonchev–Trinajstić information content (AvgIpc) is 2.73. The van der Waals surface area contributed by atoms with Gasteiger partial charge in [0.25, 0.3) is 10.0 Å². The Morgan fingerprint density at radius 1 is 0.897 bits per heavy atom. The molecule has 0 bridgehead atoms.